The van der Waals surface area contributed by atoms with Crippen LogP contribution in [-0.4, -0.2) is 18.5 Å². The zero-order chi connectivity index (χ0) is 17.1. The summed E-state index contributed by atoms with van der Waals surface area (Å²) in [5.41, 5.74) is 3.62. The number of quaternary nitrogens is 1. The molecule has 0 bridgehead atoms. The Morgan fingerprint density at radius 3 is 2.62 bits per heavy atom. The highest BCUT2D eigenvalue weighted by atomic mass is 79.9. The molecule has 0 spiro atoms. The summed E-state index contributed by atoms with van der Waals surface area (Å²) in [6.07, 6.45) is 1.95. The Kier molecular flexibility index (Phi) is 5.36. The lowest BCUT2D eigenvalue weighted by Crippen LogP contribution is -2.92. The molecule has 2 aromatic rings. The fourth-order valence-electron chi connectivity index (χ4n) is 3.44. The fourth-order valence-corrected chi connectivity index (χ4v) is 3.70. The van der Waals surface area contributed by atoms with Gasteiger partial charge < -0.3 is 10.2 Å². The first-order chi connectivity index (χ1) is 11.6. The monoisotopic (exact) mass is 387 g/mol. The number of carbonyl (C=O) groups excluding carboxylic acids is 1. The minimum atomic E-state index is -0.0928. The van der Waals surface area contributed by atoms with Gasteiger partial charge in [-0.25, -0.2) is 0 Å². The average Bonchev–Trinajstić information content (AvgIpc) is 3.03. The lowest BCUT2D eigenvalue weighted by atomic mass is 10.0. The third-order valence-electron chi connectivity index (χ3n) is 4.80. The molecular formula is C20H24BrN2O+. The topological polar surface area (TPSA) is 36.9 Å². The van der Waals surface area contributed by atoms with E-state index in [0.717, 1.165) is 29.5 Å². The molecule has 2 aromatic carbocycles. The third-order valence-corrected chi connectivity index (χ3v) is 5.33. The number of halogens is 1. The van der Waals surface area contributed by atoms with Crippen LogP contribution in [0.15, 0.2) is 53.0 Å². The van der Waals surface area contributed by atoms with Crippen LogP contribution in [0.3, 0.4) is 0 Å². The second kappa shape index (κ2) is 7.49. The Morgan fingerprint density at radius 1 is 1.21 bits per heavy atom. The molecule has 1 aliphatic rings. The van der Waals surface area contributed by atoms with Crippen LogP contribution in [0.2, 0.25) is 0 Å². The molecule has 2 N–H and O–H groups in total. The highest BCUT2D eigenvalue weighted by Crippen LogP contribution is 2.27. The van der Waals surface area contributed by atoms with Gasteiger partial charge in [-0.2, -0.15) is 0 Å². The highest BCUT2D eigenvalue weighted by molar-refractivity contribution is 9.10. The van der Waals surface area contributed by atoms with Crippen LogP contribution in [0, 0.1) is 0 Å². The highest BCUT2D eigenvalue weighted by Gasteiger charge is 2.31. The maximum Gasteiger partial charge on any atom is 0.284 e. The van der Waals surface area contributed by atoms with Gasteiger partial charge in [0.2, 0.25) is 0 Å². The van der Waals surface area contributed by atoms with Crippen molar-refractivity contribution in [2.24, 2.45) is 0 Å². The molecule has 1 aliphatic heterocycles. The van der Waals surface area contributed by atoms with Gasteiger partial charge in [-0.1, -0.05) is 53.2 Å². The number of rotatable bonds is 5. The Hall–Kier alpha value is -1.65. The number of para-hydroxylation sites is 1. The average molecular weight is 388 g/mol. The molecular weight excluding hydrogens is 364 g/mol. The number of carbonyl (C=O) groups is 1. The summed E-state index contributed by atoms with van der Waals surface area (Å²) in [6, 6.07) is 16.8. The van der Waals surface area contributed by atoms with Gasteiger partial charge in [0.15, 0.2) is 6.04 Å². The van der Waals surface area contributed by atoms with Crippen LogP contribution >= 0.6 is 15.9 Å². The number of anilines is 1. The van der Waals surface area contributed by atoms with Crippen molar-refractivity contribution in [2.75, 3.05) is 11.4 Å². The van der Waals surface area contributed by atoms with E-state index in [1.54, 1.807) is 0 Å². The van der Waals surface area contributed by atoms with Gasteiger partial charge in [0.1, 0.15) is 6.04 Å². The smallest absolute Gasteiger partial charge is 0.284 e. The summed E-state index contributed by atoms with van der Waals surface area (Å²) < 4.78 is 1.08. The van der Waals surface area contributed by atoms with Crippen molar-refractivity contribution in [3.8, 4) is 0 Å². The molecule has 0 aliphatic carbocycles. The molecule has 0 aromatic heterocycles. The molecule has 4 heteroatoms. The van der Waals surface area contributed by atoms with Crippen molar-refractivity contribution in [1.29, 1.82) is 0 Å². The van der Waals surface area contributed by atoms with Crippen molar-refractivity contribution >= 4 is 27.5 Å². The molecule has 0 saturated carbocycles. The first-order valence-corrected chi connectivity index (χ1v) is 9.39. The van der Waals surface area contributed by atoms with E-state index < -0.39 is 0 Å². The van der Waals surface area contributed by atoms with Gasteiger partial charge in [0, 0.05) is 28.7 Å². The van der Waals surface area contributed by atoms with E-state index in [-0.39, 0.29) is 11.9 Å². The zero-order valence-corrected chi connectivity index (χ0v) is 15.8. The first kappa shape index (κ1) is 17.2. The van der Waals surface area contributed by atoms with Crippen LogP contribution in [0.25, 0.3) is 0 Å². The summed E-state index contributed by atoms with van der Waals surface area (Å²) in [6.45, 7) is 4.99. The summed E-state index contributed by atoms with van der Waals surface area (Å²) in [7, 11) is 0. The normalized spacial score (nSPS) is 15.9. The molecule has 24 heavy (non-hydrogen) atoms. The van der Waals surface area contributed by atoms with Crippen LogP contribution in [0.5, 0.6) is 0 Å². The third kappa shape index (κ3) is 3.55. The Balaban J connectivity index is 1.71. The van der Waals surface area contributed by atoms with Crippen LogP contribution in [-0.2, 0) is 11.2 Å². The van der Waals surface area contributed by atoms with Gasteiger partial charge in [-0.05, 0) is 37.1 Å². The quantitative estimate of drug-likeness (QED) is 0.837. The zero-order valence-electron chi connectivity index (χ0n) is 14.2. The predicted octanol–water partition coefficient (Wildman–Crippen LogP) is 3.44. The van der Waals surface area contributed by atoms with Crippen molar-refractivity contribution in [1.82, 2.24) is 0 Å². The van der Waals surface area contributed by atoms with Crippen LogP contribution in [0.4, 0.5) is 5.69 Å². The van der Waals surface area contributed by atoms with Crippen molar-refractivity contribution in [3.63, 3.8) is 0 Å². The molecule has 0 unspecified atom stereocenters. The second-order valence-corrected chi connectivity index (χ2v) is 7.33. The SMILES string of the molecule is CC[C@H]([NH2+][C@@H](C)C(=O)N1CCc2ccccc21)c1ccc(Br)cc1. The second-order valence-electron chi connectivity index (χ2n) is 6.42. The lowest BCUT2D eigenvalue weighted by Gasteiger charge is -2.24. The minimum absolute atomic E-state index is 0.0928. The number of amides is 1. The predicted molar refractivity (Wildman–Crippen MR) is 101 cm³/mol. The maximum atomic E-state index is 12.9. The number of hydrogen-bond acceptors (Lipinski definition) is 1. The number of benzene rings is 2. The van der Waals surface area contributed by atoms with E-state index in [4.69, 9.17) is 0 Å². The van der Waals surface area contributed by atoms with Gasteiger partial charge in [0.05, 0.1) is 0 Å². The van der Waals surface area contributed by atoms with E-state index in [2.05, 4.69) is 64.6 Å². The minimum Gasteiger partial charge on any atom is -0.330 e. The Morgan fingerprint density at radius 2 is 1.92 bits per heavy atom. The summed E-state index contributed by atoms with van der Waals surface area (Å²) in [5.74, 6) is 0.204. The number of hydrogen-bond donors (Lipinski definition) is 1. The molecule has 0 fully saturated rings. The first-order valence-electron chi connectivity index (χ1n) is 8.60. The van der Waals surface area contributed by atoms with Crippen molar-refractivity contribution in [2.45, 2.75) is 38.8 Å². The molecule has 0 radical (unpaired) electrons. The van der Waals surface area contributed by atoms with Gasteiger partial charge in [-0.3, -0.25) is 4.79 Å². The number of nitrogens with two attached hydrogens (primary N) is 1. The van der Waals surface area contributed by atoms with Crippen LogP contribution in [0.1, 0.15) is 37.4 Å². The lowest BCUT2D eigenvalue weighted by molar-refractivity contribution is -0.713. The van der Waals surface area contributed by atoms with E-state index in [1.165, 1.54) is 11.1 Å². The molecule has 0 saturated heterocycles. The summed E-state index contributed by atoms with van der Waals surface area (Å²) in [4.78, 5) is 14.9. The molecule has 1 heterocycles. The van der Waals surface area contributed by atoms with E-state index in [0.29, 0.717) is 6.04 Å². The molecule has 2 atom stereocenters. The fraction of sp³-hybridized carbons (Fsp3) is 0.350. The van der Waals surface area contributed by atoms with Crippen LogP contribution < -0.4 is 10.2 Å². The Bertz CT molecular complexity index is 714. The van der Waals surface area contributed by atoms with Gasteiger partial charge >= 0.3 is 0 Å². The summed E-state index contributed by atoms with van der Waals surface area (Å²) in [5, 5.41) is 2.20. The summed E-state index contributed by atoms with van der Waals surface area (Å²) >= 11 is 3.48. The largest absolute Gasteiger partial charge is 0.330 e. The van der Waals surface area contributed by atoms with Crippen molar-refractivity contribution in [3.05, 3.63) is 64.1 Å². The van der Waals surface area contributed by atoms with Gasteiger partial charge in [0.25, 0.3) is 5.91 Å². The number of nitrogens with zero attached hydrogens (tertiary/aromatic N) is 1. The van der Waals surface area contributed by atoms with E-state index >= 15 is 0 Å². The molecule has 126 valence electrons. The Labute approximate surface area is 152 Å². The molecule has 3 rings (SSSR count). The molecule has 1 amide bonds. The van der Waals surface area contributed by atoms with Gasteiger partial charge in [-0.15, -0.1) is 0 Å². The standard InChI is InChI=1S/C20H23BrN2O/c1-3-18(15-8-10-17(21)11-9-15)22-14(2)20(24)23-13-12-16-6-4-5-7-19(16)23/h4-11,14,18,22H,3,12-13H2,1-2H3/p+1/t14-,18-/m0/s1. The maximum absolute atomic E-state index is 12.9. The van der Waals surface area contributed by atoms with E-state index in [9.17, 15) is 4.79 Å². The number of fused-ring (bicyclic) bond motifs is 1. The van der Waals surface area contributed by atoms with E-state index in [1.807, 2.05) is 24.0 Å². The molecule has 3 nitrogen and oxygen atoms in total. The van der Waals surface area contributed by atoms with Crippen molar-refractivity contribution < 1.29 is 10.1 Å².